The Hall–Kier alpha value is -0.560. The lowest BCUT2D eigenvalue weighted by Gasteiger charge is -2.04. The predicted molar refractivity (Wildman–Crippen MR) is 77.3 cm³/mol. The fourth-order valence-electron chi connectivity index (χ4n) is 2.25. The number of unbranched alkanes of at least 4 members (excludes halogenated alkanes) is 7. The van der Waals surface area contributed by atoms with Crippen LogP contribution in [0.2, 0.25) is 0 Å². The van der Waals surface area contributed by atoms with Crippen LogP contribution in [0.5, 0.6) is 0 Å². The Morgan fingerprint density at radius 2 is 1.71 bits per heavy atom. The van der Waals surface area contributed by atoms with Gasteiger partial charge in [-0.15, -0.1) is 0 Å². The van der Waals surface area contributed by atoms with E-state index in [-0.39, 0.29) is 0 Å². The molecule has 1 N–H and O–H groups in total. The van der Waals surface area contributed by atoms with E-state index in [1.807, 2.05) is 0 Å². The van der Waals surface area contributed by atoms with Crippen molar-refractivity contribution >= 4 is 0 Å². The van der Waals surface area contributed by atoms with E-state index >= 15 is 0 Å². The van der Waals surface area contributed by atoms with E-state index in [0.29, 0.717) is 0 Å². The second kappa shape index (κ2) is 10.6. The molecule has 0 aliphatic heterocycles. The van der Waals surface area contributed by atoms with Crippen molar-refractivity contribution in [1.29, 1.82) is 0 Å². The van der Waals surface area contributed by atoms with Crippen molar-refractivity contribution in [1.82, 2.24) is 5.32 Å². The van der Waals surface area contributed by atoms with E-state index in [4.69, 9.17) is 0 Å². The molecule has 0 bridgehead atoms. The molecule has 17 heavy (non-hydrogen) atoms. The Balaban J connectivity index is 1.74. The molecule has 98 valence electrons. The monoisotopic (exact) mass is 235 g/mol. The first kappa shape index (κ1) is 14.5. The highest BCUT2D eigenvalue weighted by molar-refractivity contribution is 5.26. The maximum absolute atomic E-state index is 3.52. The van der Waals surface area contributed by atoms with Crippen LogP contribution >= 0.6 is 0 Å². The van der Waals surface area contributed by atoms with Crippen molar-refractivity contribution in [3.8, 4) is 0 Å². The lowest BCUT2D eigenvalue weighted by molar-refractivity contribution is 0.562. The quantitative estimate of drug-likeness (QED) is 0.516. The molecule has 0 heterocycles. The van der Waals surface area contributed by atoms with Gasteiger partial charge in [0.15, 0.2) is 0 Å². The molecule has 1 heteroatoms. The molecule has 0 saturated heterocycles. The van der Waals surface area contributed by atoms with Crippen molar-refractivity contribution < 1.29 is 0 Å². The molecule has 0 aromatic carbocycles. The van der Waals surface area contributed by atoms with E-state index in [1.54, 1.807) is 0 Å². The third-order valence-electron chi connectivity index (χ3n) is 3.38. The molecule has 0 spiro atoms. The summed E-state index contributed by atoms with van der Waals surface area (Å²) in [6.07, 6.45) is 19.2. The molecular formula is C16H29N. The maximum atomic E-state index is 3.52. The zero-order chi connectivity index (χ0) is 12.2. The van der Waals surface area contributed by atoms with Gasteiger partial charge in [-0.3, -0.25) is 0 Å². The summed E-state index contributed by atoms with van der Waals surface area (Å²) in [4.78, 5) is 0. The van der Waals surface area contributed by atoms with Gasteiger partial charge >= 0.3 is 0 Å². The van der Waals surface area contributed by atoms with Crippen LogP contribution in [0.1, 0.15) is 64.7 Å². The molecule has 0 saturated carbocycles. The number of hydrogen-bond donors (Lipinski definition) is 1. The van der Waals surface area contributed by atoms with Crippen LogP contribution < -0.4 is 5.32 Å². The van der Waals surface area contributed by atoms with Gasteiger partial charge in [0.05, 0.1) is 0 Å². The summed E-state index contributed by atoms with van der Waals surface area (Å²) < 4.78 is 0. The minimum absolute atomic E-state index is 1.06. The zero-order valence-electron chi connectivity index (χ0n) is 11.5. The number of nitrogens with one attached hydrogen (secondary N) is 1. The highest BCUT2D eigenvalue weighted by Crippen LogP contribution is 2.09. The minimum atomic E-state index is 1.06. The molecule has 0 fully saturated rings. The van der Waals surface area contributed by atoms with Crippen LogP contribution in [-0.2, 0) is 0 Å². The first-order chi connectivity index (χ1) is 8.43. The highest BCUT2D eigenvalue weighted by atomic mass is 14.8. The van der Waals surface area contributed by atoms with Crippen molar-refractivity contribution in [2.45, 2.75) is 64.7 Å². The van der Waals surface area contributed by atoms with Crippen LogP contribution in [0.15, 0.2) is 23.8 Å². The smallest absolute Gasteiger partial charge is 0.0202 e. The third-order valence-corrected chi connectivity index (χ3v) is 3.38. The summed E-state index contributed by atoms with van der Waals surface area (Å²) in [5.74, 6) is 0. The van der Waals surface area contributed by atoms with Crippen LogP contribution in [0, 0.1) is 0 Å². The van der Waals surface area contributed by atoms with Gasteiger partial charge in [-0.1, -0.05) is 70.1 Å². The Morgan fingerprint density at radius 1 is 1.00 bits per heavy atom. The molecular weight excluding hydrogens is 206 g/mol. The van der Waals surface area contributed by atoms with Gasteiger partial charge in [-0.05, 0) is 25.0 Å². The average Bonchev–Trinajstić information content (AvgIpc) is 2.85. The van der Waals surface area contributed by atoms with Crippen LogP contribution in [0.25, 0.3) is 0 Å². The van der Waals surface area contributed by atoms with Crippen molar-refractivity contribution in [3.05, 3.63) is 23.8 Å². The molecule has 0 aromatic heterocycles. The Kier molecular flexibility index (Phi) is 9.03. The zero-order valence-corrected chi connectivity index (χ0v) is 11.5. The summed E-state index contributed by atoms with van der Waals surface area (Å²) in [6.45, 7) is 4.52. The Morgan fingerprint density at radius 3 is 2.35 bits per heavy atom. The fraction of sp³-hybridized carbons (Fsp3) is 0.750. The van der Waals surface area contributed by atoms with Gasteiger partial charge < -0.3 is 5.32 Å². The summed E-state index contributed by atoms with van der Waals surface area (Å²) in [6, 6.07) is 0. The van der Waals surface area contributed by atoms with Gasteiger partial charge in [0.25, 0.3) is 0 Å². The topological polar surface area (TPSA) is 12.0 Å². The standard InChI is InChI=1S/C16H29N/c1-2-3-4-5-6-7-8-11-14-17-15-16-12-9-10-13-16/h9,12-13,17H,2-8,10-11,14-15H2,1H3. The van der Waals surface area contributed by atoms with E-state index in [9.17, 15) is 0 Å². The second-order valence-corrected chi connectivity index (χ2v) is 5.07. The Bertz CT molecular complexity index is 228. The first-order valence-corrected chi connectivity index (χ1v) is 7.49. The van der Waals surface area contributed by atoms with Crippen molar-refractivity contribution in [2.24, 2.45) is 0 Å². The van der Waals surface area contributed by atoms with E-state index in [1.165, 1.54) is 63.5 Å². The van der Waals surface area contributed by atoms with Gasteiger partial charge in [0.2, 0.25) is 0 Å². The number of rotatable bonds is 11. The number of hydrogen-bond acceptors (Lipinski definition) is 1. The lowest BCUT2D eigenvalue weighted by Crippen LogP contribution is -2.17. The molecule has 1 nitrogen and oxygen atoms in total. The minimum Gasteiger partial charge on any atom is -0.313 e. The number of allylic oxidation sites excluding steroid dienone is 2. The normalized spacial score (nSPS) is 14.3. The van der Waals surface area contributed by atoms with Crippen LogP contribution in [-0.4, -0.2) is 13.1 Å². The largest absolute Gasteiger partial charge is 0.313 e. The summed E-state index contributed by atoms with van der Waals surface area (Å²) >= 11 is 0. The van der Waals surface area contributed by atoms with E-state index < -0.39 is 0 Å². The van der Waals surface area contributed by atoms with Gasteiger partial charge in [-0.2, -0.15) is 0 Å². The van der Waals surface area contributed by atoms with Crippen molar-refractivity contribution in [3.63, 3.8) is 0 Å². The maximum Gasteiger partial charge on any atom is 0.0202 e. The van der Waals surface area contributed by atoms with Crippen molar-refractivity contribution in [2.75, 3.05) is 13.1 Å². The third kappa shape index (κ3) is 8.20. The molecule has 1 aliphatic rings. The van der Waals surface area contributed by atoms with E-state index in [2.05, 4.69) is 30.5 Å². The van der Waals surface area contributed by atoms with Gasteiger partial charge in [-0.25, -0.2) is 0 Å². The van der Waals surface area contributed by atoms with Crippen LogP contribution in [0.3, 0.4) is 0 Å². The molecule has 1 aliphatic carbocycles. The Labute approximate surface area is 107 Å². The van der Waals surface area contributed by atoms with Crippen LogP contribution in [0.4, 0.5) is 0 Å². The molecule has 0 aromatic rings. The first-order valence-electron chi connectivity index (χ1n) is 7.49. The van der Waals surface area contributed by atoms with E-state index in [0.717, 1.165) is 13.0 Å². The molecule has 0 atom stereocenters. The predicted octanol–water partition coefficient (Wildman–Crippen LogP) is 4.60. The SMILES string of the molecule is CCCCCCCCCCNCC1=CCC=C1. The van der Waals surface area contributed by atoms with Gasteiger partial charge in [0, 0.05) is 6.54 Å². The van der Waals surface area contributed by atoms with Gasteiger partial charge in [0.1, 0.15) is 0 Å². The fourth-order valence-corrected chi connectivity index (χ4v) is 2.25. The highest BCUT2D eigenvalue weighted by Gasteiger charge is 1.96. The molecule has 1 rings (SSSR count). The summed E-state index contributed by atoms with van der Waals surface area (Å²) in [5, 5.41) is 3.52. The second-order valence-electron chi connectivity index (χ2n) is 5.07. The average molecular weight is 235 g/mol. The lowest BCUT2D eigenvalue weighted by atomic mass is 10.1. The molecule has 0 unspecified atom stereocenters. The summed E-state index contributed by atoms with van der Waals surface area (Å²) in [5.41, 5.74) is 1.46. The molecule has 0 amide bonds. The summed E-state index contributed by atoms with van der Waals surface area (Å²) in [7, 11) is 0. The molecule has 0 radical (unpaired) electrons.